The fourth-order valence-corrected chi connectivity index (χ4v) is 3.13. The van der Waals surface area contributed by atoms with Crippen LogP contribution in [0.3, 0.4) is 0 Å². The van der Waals surface area contributed by atoms with Gasteiger partial charge in [0.05, 0.1) is 17.8 Å². The molecule has 1 unspecified atom stereocenters. The number of hydrogen-bond acceptors (Lipinski definition) is 4. The van der Waals surface area contributed by atoms with Crippen LogP contribution in [-0.2, 0) is 0 Å². The van der Waals surface area contributed by atoms with Gasteiger partial charge in [0.15, 0.2) is 5.76 Å². The summed E-state index contributed by atoms with van der Waals surface area (Å²) in [4.78, 5) is 14.5. The molecule has 2 heterocycles. The smallest absolute Gasteiger partial charge is 0.259 e. The lowest BCUT2D eigenvalue weighted by atomic mass is 10.2. The summed E-state index contributed by atoms with van der Waals surface area (Å²) in [6.07, 6.45) is 4.45. The van der Waals surface area contributed by atoms with Gasteiger partial charge in [-0.25, -0.2) is 0 Å². The summed E-state index contributed by atoms with van der Waals surface area (Å²) in [5.41, 5.74) is 0.603. The number of hydrogen-bond donors (Lipinski definition) is 0. The zero-order chi connectivity index (χ0) is 15.8. The Hall–Kier alpha value is -2.01. The molecule has 1 aromatic heterocycles. The highest BCUT2D eigenvalue weighted by molar-refractivity contribution is 6.32. The zero-order valence-corrected chi connectivity index (χ0v) is 13.3. The van der Waals surface area contributed by atoms with Gasteiger partial charge >= 0.3 is 0 Å². The van der Waals surface area contributed by atoms with Crippen LogP contribution in [0.25, 0.3) is 0 Å². The van der Waals surface area contributed by atoms with Gasteiger partial charge in [0.1, 0.15) is 17.4 Å². The second-order valence-corrected chi connectivity index (χ2v) is 6.50. The Morgan fingerprint density at radius 3 is 2.91 bits per heavy atom. The normalized spacial score (nSPS) is 20.7. The molecular weight excluding hydrogens is 316 g/mol. The Morgan fingerprint density at radius 2 is 2.13 bits per heavy atom. The van der Waals surface area contributed by atoms with E-state index < -0.39 is 0 Å². The summed E-state index contributed by atoms with van der Waals surface area (Å²) < 4.78 is 11.2. The lowest BCUT2D eigenvalue weighted by Crippen LogP contribution is -2.31. The standard InChI is InChI=1S/C17H17ClN2O3/c18-14-3-1-2-4-15(14)22-12-7-8-20(10-12)17(21)13-9-19-23-16(13)11-5-6-11/h1-4,9,11-12H,5-8,10H2. The van der Waals surface area contributed by atoms with Gasteiger partial charge in [-0.15, -0.1) is 0 Å². The third kappa shape index (κ3) is 2.93. The highest BCUT2D eigenvalue weighted by atomic mass is 35.5. The molecule has 1 saturated carbocycles. The van der Waals surface area contributed by atoms with Crippen molar-refractivity contribution in [2.75, 3.05) is 13.1 Å². The molecule has 4 rings (SSSR count). The van der Waals surface area contributed by atoms with Crippen molar-refractivity contribution in [2.45, 2.75) is 31.3 Å². The number of benzene rings is 1. The molecule has 2 aliphatic rings. The highest BCUT2D eigenvalue weighted by Gasteiger charge is 2.36. The van der Waals surface area contributed by atoms with Gasteiger partial charge in [0.2, 0.25) is 0 Å². The molecule has 1 aliphatic heterocycles. The monoisotopic (exact) mass is 332 g/mol. The number of amides is 1. The summed E-state index contributed by atoms with van der Waals surface area (Å²) in [6, 6.07) is 7.40. The van der Waals surface area contributed by atoms with Gasteiger partial charge in [0.25, 0.3) is 5.91 Å². The number of ether oxygens (including phenoxy) is 1. The molecule has 0 bridgehead atoms. The van der Waals surface area contributed by atoms with E-state index in [0.29, 0.717) is 35.3 Å². The van der Waals surface area contributed by atoms with Crippen molar-refractivity contribution < 1.29 is 14.1 Å². The van der Waals surface area contributed by atoms with E-state index in [1.807, 2.05) is 18.2 Å². The second kappa shape index (κ2) is 5.89. The van der Waals surface area contributed by atoms with E-state index in [9.17, 15) is 4.79 Å². The van der Waals surface area contributed by atoms with E-state index in [0.717, 1.165) is 25.0 Å². The number of nitrogens with zero attached hydrogens (tertiary/aromatic N) is 2. The first-order valence-corrected chi connectivity index (χ1v) is 8.25. The molecule has 1 atom stereocenters. The highest BCUT2D eigenvalue weighted by Crippen LogP contribution is 2.42. The molecule has 6 heteroatoms. The Labute approximate surface area is 139 Å². The summed E-state index contributed by atoms with van der Waals surface area (Å²) in [5.74, 6) is 1.76. The maximum atomic E-state index is 12.7. The predicted molar refractivity (Wildman–Crippen MR) is 84.9 cm³/mol. The van der Waals surface area contributed by atoms with Crippen molar-refractivity contribution in [3.05, 3.63) is 46.8 Å². The summed E-state index contributed by atoms with van der Waals surface area (Å²) in [5, 5.41) is 4.39. The number of halogens is 1. The second-order valence-electron chi connectivity index (χ2n) is 6.09. The Kier molecular flexibility index (Phi) is 3.73. The van der Waals surface area contributed by atoms with Gasteiger partial charge in [-0.05, 0) is 25.0 Å². The number of carbonyl (C=O) groups excluding carboxylic acids is 1. The zero-order valence-electron chi connectivity index (χ0n) is 12.6. The van der Waals surface area contributed by atoms with Crippen molar-refractivity contribution in [1.29, 1.82) is 0 Å². The Bertz CT molecular complexity index is 726. The van der Waals surface area contributed by atoms with Crippen molar-refractivity contribution in [1.82, 2.24) is 10.1 Å². The molecule has 2 aromatic rings. The van der Waals surface area contributed by atoms with Crippen LogP contribution in [0.2, 0.25) is 5.02 Å². The Morgan fingerprint density at radius 1 is 1.30 bits per heavy atom. The van der Waals surface area contributed by atoms with Gasteiger partial charge in [-0.3, -0.25) is 4.79 Å². The van der Waals surface area contributed by atoms with Crippen molar-refractivity contribution in [2.24, 2.45) is 0 Å². The van der Waals surface area contributed by atoms with Crippen LogP contribution < -0.4 is 4.74 Å². The largest absolute Gasteiger partial charge is 0.487 e. The first-order chi connectivity index (χ1) is 11.2. The van der Waals surface area contributed by atoms with Crippen molar-refractivity contribution >= 4 is 17.5 Å². The first kappa shape index (κ1) is 14.6. The van der Waals surface area contributed by atoms with E-state index in [4.69, 9.17) is 20.9 Å². The lowest BCUT2D eigenvalue weighted by molar-refractivity contribution is 0.0770. The summed E-state index contributed by atoms with van der Waals surface area (Å²) in [7, 11) is 0. The number of carbonyl (C=O) groups is 1. The predicted octanol–water partition coefficient (Wildman–Crippen LogP) is 3.50. The molecule has 0 radical (unpaired) electrons. The fourth-order valence-electron chi connectivity index (χ4n) is 2.95. The topological polar surface area (TPSA) is 55.6 Å². The molecule has 1 aromatic carbocycles. The van der Waals surface area contributed by atoms with Crippen molar-refractivity contribution in [3.8, 4) is 5.75 Å². The third-order valence-corrected chi connectivity index (χ3v) is 4.65. The number of para-hydroxylation sites is 1. The maximum absolute atomic E-state index is 12.7. The minimum absolute atomic E-state index is 0.0154. The van der Waals surface area contributed by atoms with Crippen LogP contribution in [-0.4, -0.2) is 35.2 Å². The van der Waals surface area contributed by atoms with Gasteiger partial charge < -0.3 is 14.2 Å². The van der Waals surface area contributed by atoms with Crippen LogP contribution in [0.4, 0.5) is 0 Å². The van der Waals surface area contributed by atoms with E-state index in [2.05, 4.69) is 5.16 Å². The molecule has 1 aliphatic carbocycles. The maximum Gasteiger partial charge on any atom is 0.259 e. The minimum atomic E-state index is -0.0388. The minimum Gasteiger partial charge on any atom is -0.487 e. The average molecular weight is 333 g/mol. The quantitative estimate of drug-likeness (QED) is 0.860. The van der Waals surface area contributed by atoms with Crippen LogP contribution in [0.1, 0.15) is 41.3 Å². The van der Waals surface area contributed by atoms with E-state index in [1.54, 1.807) is 11.0 Å². The molecule has 23 heavy (non-hydrogen) atoms. The summed E-state index contributed by atoms with van der Waals surface area (Å²) in [6.45, 7) is 1.22. The first-order valence-electron chi connectivity index (χ1n) is 7.87. The van der Waals surface area contributed by atoms with Gasteiger partial charge in [-0.1, -0.05) is 28.9 Å². The molecule has 1 saturated heterocycles. The molecule has 2 fully saturated rings. The van der Waals surface area contributed by atoms with Crippen LogP contribution >= 0.6 is 11.6 Å². The van der Waals surface area contributed by atoms with Crippen LogP contribution in [0.15, 0.2) is 35.0 Å². The van der Waals surface area contributed by atoms with E-state index in [-0.39, 0.29) is 12.0 Å². The summed E-state index contributed by atoms with van der Waals surface area (Å²) >= 11 is 6.12. The number of likely N-dealkylation sites (tertiary alicyclic amines) is 1. The van der Waals surface area contributed by atoms with Crippen molar-refractivity contribution in [3.63, 3.8) is 0 Å². The number of rotatable bonds is 4. The molecule has 5 nitrogen and oxygen atoms in total. The van der Waals surface area contributed by atoms with Gasteiger partial charge in [-0.2, -0.15) is 0 Å². The fraction of sp³-hybridized carbons (Fsp3) is 0.412. The average Bonchev–Trinajstić information content (AvgIpc) is 3.10. The molecule has 0 N–H and O–H groups in total. The van der Waals surface area contributed by atoms with Gasteiger partial charge in [0, 0.05) is 18.9 Å². The molecular formula is C17H17ClN2O3. The SMILES string of the molecule is O=C(c1cnoc1C1CC1)N1CCC(Oc2ccccc2Cl)C1. The Balaban J connectivity index is 1.43. The molecule has 120 valence electrons. The van der Waals surface area contributed by atoms with E-state index >= 15 is 0 Å². The molecule has 1 amide bonds. The molecule has 0 spiro atoms. The van der Waals surface area contributed by atoms with Crippen LogP contribution in [0, 0.1) is 0 Å². The third-order valence-electron chi connectivity index (χ3n) is 4.34. The van der Waals surface area contributed by atoms with Crippen LogP contribution in [0.5, 0.6) is 5.75 Å². The number of aromatic nitrogens is 1. The lowest BCUT2D eigenvalue weighted by Gasteiger charge is -2.17. The van der Waals surface area contributed by atoms with E-state index in [1.165, 1.54) is 6.20 Å².